The van der Waals surface area contributed by atoms with Gasteiger partial charge in [0.25, 0.3) is 11.6 Å². The zero-order valence-corrected chi connectivity index (χ0v) is 22.7. The lowest BCUT2D eigenvalue weighted by Gasteiger charge is -2.22. The number of nitro benzene ring substituents is 1. The Labute approximate surface area is 201 Å². The summed E-state index contributed by atoms with van der Waals surface area (Å²) >= 11 is 0. The third-order valence-corrected chi connectivity index (χ3v) is 8.17. The lowest BCUT2D eigenvalue weighted by atomic mass is 10.1. The maximum absolute atomic E-state index is 13.1. The summed E-state index contributed by atoms with van der Waals surface area (Å²) in [7, 11) is -2.88. The molecular weight excluding hydrogens is 476 g/mol. The van der Waals surface area contributed by atoms with Crippen LogP contribution in [0.3, 0.4) is 0 Å². The molecule has 0 heterocycles. The SMILES string of the molecule is C[Si](C)(C)CCOC(=O)CN(CC(=O)OCC[Si](C)(C)C)C(=O)c1ccc(C=O)c([N+](=O)[O-])c1. The van der Waals surface area contributed by atoms with Crippen LogP contribution in [0.15, 0.2) is 18.2 Å². The van der Waals surface area contributed by atoms with E-state index in [0.29, 0.717) is 6.29 Å². The molecule has 0 aliphatic carbocycles. The maximum atomic E-state index is 13.1. The topological polar surface area (TPSA) is 133 Å². The smallest absolute Gasteiger partial charge is 0.325 e. The highest BCUT2D eigenvalue weighted by Crippen LogP contribution is 2.20. The molecule has 0 N–H and O–H groups in total. The fourth-order valence-corrected chi connectivity index (χ4v) is 4.09. The van der Waals surface area contributed by atoms with E-state index in [1.807, 2.05) is 0 Å². The maximum Gasteiger partial charge on any atom is 0.325 e. The van der Waals surface area contributed by atoms with Gasteiger partial charge in [-0.3, -0.25) is 29.3 Å². The van der Waals surface area contributed by atoms with Crippen molar-refractivity contribution in [3.8, 4) is 0 Å². The number of rotatable bonds is 13. The van der Waals surface area contributed by atoms with E-state index in [9.17, 15) is 29.3 Å². The molecule has 1 aromatic carbocycles. The van der Waals surface area contributed by atoms with Crippen LogP contribution >= 0.6 is 0 Å². The molecule has 1 aromatic rings. The van der Waals surface area contributed by atoms with Gasteiger partial charge in [0.15, 0.2) is 6.29 Å². The van der Waals surface area contributed by atoms with Crippen LogP contribution < -0.4 is 0 Å². The van der Waals surface area contributed by atoms with Crippen LogP contribution in [0.2, 0.25) is 51.4 Å². The van der Waals surface area contributed by atoms with Crippen LogP contribution in [0, 0.1) is 10.1 Å². The van der Waals surface area contributed by atoms with Crippen molar-refractivity contribution in [2.45, 2.75) is 51.4 Å². The Morgan fingerprint density at radius 3 is 1.79 bits per heavy atom. The van der Waals surface area contributed by atoms with Crippen molar-refractivity contribution >= 4 is 46.0 Å². The number of esters is 2. The van der Waals surface area contributed by atoms with Gasteiger partial charge in [-0.1, -0.05) is 39.3 Å². The second-order valence-electron chi connectivity index (χ2n) is 10.4. The molecule has 0 fully saturated rings. The molecule has 10 nitrogen and oxygen atoms in total. The van der Waals surface area contributed by atoms with Gasteiger partial charge in [0.1, 0.15) is 13.1 Å². The highest BCUT2D eigenvalue weighted by Gasteiger charge is 2.26. The van der Waals surface area contributed by atoms with Crippen LogP contribution in [0.25, 0.3) is 0 Å². The van der Waals surface area contributed by atoms with Crippen molar-refractivity contribution in [2.24, 2.45) is 0 Å². The summed E-state index contributed by atoms with van der Waals surface area (Å²) in [6, 6.07) is 4.82. The lowest BCUT2D eigenvalue weighted by Crippen LogP contribution is -2.41. The second-order valence-corrected chi connectivity index (χ2v) is 21.6. The zero-order valence-electron chi connectivity index (χ0n) is 20.7. The first kappa shape index (κ1) is 29.2. The molecule has 1 rings (SSSR count). The van der Waals surface area contributed by atoms with Crippen molar-refractivity contribution in [1.29, 1.82) is 0 Å². The fourth-order valence-electron chi connectivity index (χ4n) is 2.66. The van der Waals surface area contributed by atoms with Gasteiger partial charge >= 0.3 is 11.9 Å². The number of carbonyl (C=O) groups is 4. The predicted molar refractivity (Wildman–Crippen MR) is 133 cm³/mol. The summed E-state index contributed by atoms with van der Waals surface area (Å²) in [6.45, 7) is 12.1. The Kier molecular flexibility index (Phi) is 10.8. The minimum absolute atomic E-state index is 0.137. The third-order valence-electron chi connectivity index (χ3n) is 4.76. The Morgan fingerprint density at radius 2 is 1.41 bits per heavy atom. The largest absolute Gasteiger partial charge is 0.465 e. The molecule has 0 aliphatic rings. The molecule has 0 saturated carbocycles. The molecule has 12 heteroatoms. The Bertz CT molecular complexity index is 888. The number of aldehydes is 1. The van der Waals surface area contributed by atoms with Crippen molar-refractivity contribution in [3.63, 3.8) is 0 Å². The summed E-state index contributed by atoms with van der Waals surface area (Å²) in [5.74, 6) is -2.18. The van der Waals surface area contributed by atoms with Gasteiger partial charge in [-0.2, -0.15) is 0 Å². The van der Waals surface area contributed by atoms with E-state index >= 15 is 0 Å². The summed E-state index contributed by atoms with van der Waals surface area (Å²) < 4.78 is 10.5. The Hall–Kier alpha value is -2.87. The molecule has 0 spiro atoms. The number of hydrogen-bond acceptors (Lipinski definition) is 8. The second kappa shape index (κ2) is 12.6. The third kappa shape index (κ3) is 10.8. The van der Waals surface area contributed by atoms with Gasteiger partial charge in [-0.05, 0) is 24.2 Å². The van der Waals surface area contributed by atoms with E-state index in [1.165, 1.54) is 6.07 Å². The molecule has 0 aromatic heterocycles. The Morgan fingerprint density at radius 1 is 0.941 bits per heavy atom. The average molecular weight is 511 g/mol. The standard InChI is InChI=1S/C22H34N2O8Si2/c1-33(2,3)11-9-31-20(26)14-23(15-21(27)32-10-12-34(4,5)6)22(28)17-7-8-18(16-25)19(13-17)24(29)30/h7-8,13,16H,9-12,14-15H2,1-6H3. The monoisotopic (exact) mass is 510 g/mol. The summed E-state index contributed by atoms with van der Waals surface area (Å²) in [5.41, 5.74) is -0.872. The highest BCUT2D eigenvalue weighted by atomic mass is 28.3. The average Bonchev–Trinajstić information content (AvgIpc) is 2.70. The molecule has 0 bridgehead atoms. The minimum Gasteiger partial charge on any atom is -0.465 e. The van der Waals surface area contributed by atoms with E-state index in [1.54, 1.807) is 0 Å². The van der Waals surface area contributed by atoms with Gasteiger partial charge in [0.05, 0.1) is 23.7 Å². The van der Waals surface area contributed by atoms with Gasteiger partial charge in [-0.15, -0.1) is 0 Å². The highest BCUT2D eigenvalue weighted by molar-refractivity contribution is 6.76. The zero-order chi connectivity index (χ0) is 26.1. The summed E-state index contributed by atoms with van der Waals surface area (Å²) in [4.78, 5) is 60.3. The Balaban J connectivity index is 3.03. The fraction of sp³-hybridized carbons (Fsp3) is 0.545. The van der Waals surface area contributed by atoms with Crippen LogP contribution in [0.5, 0.6) is 0 Å². The number of benzene rings is 1. The van der Waals surface area contributed by atoms with Crippen LogP contribution in [-0.4, -0.2) is 76.4 Å². The van der Waals surface area contributed by atoms with Crippen molar-refractivity contribution in [1.82, 2.24) is 4.90 Å². The molecule has 0 atom stereocenters. The van der Waals surface area contributed by atoms with E-state index < -0.39 is 57.7 Å². The van der Waals surface area contributed by atoms with Crippen molar-refractivity contribution in [2.75, 3.05) is 26.3 Å². The number of hydrogen-bond donors (Lipinski definition) is 0. The van der Waals surface area contributed by atoms with Crippen LogP contribution in [0.1, 0.15) is 20.7 Å². The van der Waals surface area contributed by atoms with Crippen LogP contribution in [0.4, 0.5) is 5.69 Å². The van der Waals surface area contributed by atoms with E-state index in [2.05, 4.69) is 39.3 Å². The molecule has 0 radical (unpaired) electrons. The normalized spacial score (nSPS) is 11.5. The first-order valence-electron chi connectivity index (χ1n) is 11.0. The first-order valence-corrected chi connectivity index (χ1v) is 18.4. The lowest BCUT2D eigenvalue weighted by molar-refractivity contribution is -0.385. The van der Waals surface area contributed by atoms with Crippen molar-refractivity contribution in [3.05, 3.63) is 39.4 Å². The number of ether oxygens (including phenoxy) is 2. The van der Waals surface area contributed by atoms with Crippen molar-refractivity contribution < 1.29 is 33.6 Å². The number of nitro groups is 1. The van der Waals surface area contributed by atoms with Gasteiger partial charge < -0.3 is 14.4 Å². The van der Waals surface area contributed by atoms with Gasteiger partial charge in [0.2, 0.25) is 0 Å². The summed E-state index contributed by atoms with van der Waals surface area (Å²) in [5, 5.41) is 11.3. The molecule has 0 unspecified atom stereocenters. The number of amides is 1. The first-order chi connectivity index (χ1) is 15.6. The molecule has 188 valence electrons. The predicted octanol–water partition coefficient (Wildman–Crippen LogP) is 3.61. The van der Waals surface area contributed by atoms with Gasteiger partial charge in [0, 0.05) is 27.8 Å². The molecule has 1 amide bonds. The minimum atomic E-state index is -1.44. The molecule has 0 saturated heterocycles. The quantitative estimate of drug-likeness (QED) is 0.129. The molecular formula is C22H34N2O8Si2. The van der Waals surface area contributed by atoms with E-state index in [4.69, 9.17) is 9.47 Å². The number of nitrogens with zero attached hydrogens (tertiary/aromatic N) is 2. The molecule has 34 heavy (non-hydrogen) atoms. The summed E-state index contributed by atoms with van der Waals surface area (Å²) in [6.07, 6.45) is 0.315. The number of carbonyl (C=O) groups excluding carboxylic acids is 4. The molecule has 0 aliphatic heterocycles. The van der Waals surface area contributed by atoms with Crippen LogP contribution in [-0.2, 0) is 19.1 Å². The van der Waals surface area contributed by atoms with Gasteiger partial charge in [-0.25, -0.2) is 0 Å². The van der Waals surface area contributed by atoms with E-state index in [0.717, 1.165) is 29.1 Å². The van der Waals surface area contributed by atoms with E-state index in [-0.39, 0.29) is 24.3 Å².